The molecule has 1 amide bonds. The number of hydrogen-bond donors (Lipinski definition) is 1. The fraction of sp³-hybridized carbons (Fsp3) is 0.929. The van der Waals surface area contributed by atoms with Crippen LogP contribution in [0.15, 0.2) is 0 Å². The van der Waals surface area contributed by atoms with Crippen molar-refractivity contribution >= 4 is 6.41 Å². The first-order valence-electron chi connectivity index (χ1n) is 7.05. The molecule has 92 valence electrons. The van der Waals surface area contributed by atoms with Gasteiger partial charge in [0, 0.05) is 6.54 Å². The fourth-order valence-electron chi connectivity index (χ4n) is 3.31. The zero-order chi connectivity index (χ0) is 11.2. The van der Waals surface area contributed by atoms with Gasteiger partial charge >= 0.3 is 0 Å². The normalized spacial score (nSPS) is 31.5. The number of rotatable bonds is 5. The van der Waals surface area contributed by atoms with E-state index in [9.17, 15) is 4.79 Å². The third kappa shape index (κ3) is 3.50. The lowest BCUT2D eigenvalue weighted by Gasteiger charge is -2.29. The van der Waals surface area contributed by atoms with Crippen LogP contribution < -0.4 is 5.32 Å². The largest absolute Gasteiger partial charge is 0.358 e. The second-order valence-corrected chi connectivity index (χ2v) is 5.80. The molecule has 0 aliphatic heterocycles. The third-order valence-electron chi connectivity index (χ3n) is 4.59. The monoisotopic (exact) mass is 223 g/mol. The van der Waals surface area contributed by atoms with Crippen molar-refractivity contribution in [3.8, 4) is 0 Å². The van der Waals surface area contributed by atoms with Gasteiger partial charge in [-0.3, -0.25) is 4.79 Å². The van der Waals surface area contributed by atoms with Crippen LogP contribution in [0.3, 0.4) is 0 Å². The molecule has 0 saturated heterocycles. The summed E-state index contributed by atoms with van der Waals surface area (Å²) < 4.78 is 0. The molecule has 0 spiro atoms. The molecule has 2 heteroatoms. The van der Waals surface area contributed by atoms with Crippen molar-refractivity contribution in [1.82, 2.24) is 5.32 Å². The van der Waals surface area contributed by atoms with E-state index in [1.54, 1.807) is 0 Å². The fourth-order valence-corrected chi connectivity index (χ4v) is 3.31. The first kappa shape index (κ1) is 11.9. The van der Waals surface area contributed by atoms with Crippen LogP contribution in [0.25, 0.3) is 0 Å². The van der Waals surface area contributed by atoms with Crippen LogP contribution in [0, 0.1) is 17.8 Å². The van der Waals surface area contributed by atoms with E-state index in [4.69, 9.17) is 0 Å². The minimum atomic E-state index is 0.747. The van der Waals surface area contributed by atoms with Gasteiger partial charge in [0.15, 0.2) is 0 Å². The van der Waals surface area contributed by atoms with Crippen LogP contribution in [0.1, 0.15) is 57.8 Å². The van der Waals surface area contributed by atoms with Crippen LogP contribution in [-0.2, 0) is 4.79 Å². The molecule has 2 aliphatic rings. The lowest BCUT2D eigenvalue weighted by molar-refractivity contribution is -0.109. The third-order valence-corrected chi connectivity index (χ3v) is 4.59. The zero-order valence-electron chi connectivity index (χ0n) is 10.3. The van der Waals surface area contributed by atoms with Crippen molar-refractivity contribution in [3.63, 3.8) is 0 Å². The van der Waals surface area contributed by atoms with Crippen molar-refractivity contribution in [2.45, 2.75) is 57.8 Å². The average Bonchev–Trinajstić information content (AvgIpc) is 2.46. The van der Waals surface area contributed by atoms with Gasteiger partial charge in [0.25, 0.3) is 0 Å². The summed E-state index contributed by atoms with van der Waals surface area (Å²) in [6.45, 7) is 0.902. The minimum Gasteiger partial charge on any atom is -0.358 e. The molecule has 2 unspecified atom stereocenters. The molecule has 16 heavy (non-hydrogen) atoms. The van der Waals surface area contributed by atoms with Crippen molar-refractivity contribution in [3.05, 3.63) is 0 Å². The molecular formula is C14H25NO. The van der Waals surface area contributed by atoms with Crippen molar-refractivity contribution < 1.29 is 4.79 Å². The topological polar surface area (TPSA) is 29.1 Å². The Labute approximate surface area is 99.2 Å². The van der Waals surface area contributed by atoms with Gasteiger partial charge in [-0.1, -0.05) is 38.5 Å². The summed E-state index contributed by atoms with van der Waals surface area (Å²) in [6.07, 6.45) is 13.7. The number of carbonyl (C=O) groups is 1. The van der Waals surface area contributed by atoms with E-state index < -0.39 is 0 Å². The smallest absolute Gasteiger partial charge is 0.207 e. The molecule has 2 nitrogen and oxygen atoms in total. The van der Waals surface area contributed by atoms with E-state index in [1.807, 2.05) is 0 Å². The predicted octanol–water partition coefficient (Wildman–Crippen LogP) is 3.12. The van der Waals surface area contributed by atoms with Crippen LogP contribution in [-0.4, -0.2) is 13.0 Å². The highest BCUT2D eigenvalue weighted by Crippen LogP contribution is 2.37. The van der Waals surface area contributed by atoms with E-state index >= 15 is 0 Å². The molecular weight excluding hydrogens is 198 g/mol. The van der Waals surface area contributed by atoms with Crippen LogP contribution in [0.2, 0.25) is 0 Å². The van der Waals surface area contributed by atoms with Crippen molar-refractivity contribution in [2.24, 2.45) is 17.8 Å². The highest BCUT2D eigenvalue weighted by molar-refractivity contribution is 5.45. The van der Waals surface area contributed by atoms with Crippen LogP contribution >= 0.6 is 0 Å². The summed E-state index contributed by atoms with van der Waals surface area (Å²) in [4.78, 5) is 10.3. The molecule has 0 bridgehead atoms. The van der Waals surface area contributed by atoms with Gasteiger partial charge in [-0.05, 0) is 37.0 Å². The highest BCUT2D eigenvalue weighted by atomic mass is 16.1. The van der Waals surface area contributed by atoms with E-state index in [2.05, 4.69) is 5.32 Å². The maximum absolute atomic E-state index is 10.3. The molecule has 1 N–H and O–H groups in total. The Hall–Kier alpha value is -0.530. The molecule has 0 aromatic carbocycles. The Morgan fingerprint density at radius 2 is 1.44 bits per heavy atom. The molecule has 2 saturated carbocycles. The second-order valence-electron chi connectivity index (χ2n) is 5.80. The standard InChI is InChI=1S/C14H25NO/c16-11-15-10-14-6-2-5-13(7-8-14)9-12-3-1-4-12/h11-14H,1-10H2,(H,15,16). The molecule has 0 aromatic heterocycles. The van der Waals surface area contributed by atoms with E-state index in [0.717, 1.165) is 30.7 Å². The Morgan fingerprint density at radius 3 is 2.12 bits per heavy atom. The summed E-state index contributed by atoms with van der Waals surface area (Å²) in [5, 5.41) is 2.84. The Morgan fingerprint density at radius 1 is 0.875 bits per heavy atom. The van der Waals surface area contributed by atoms with E-state index in [-0.39, 0.29) is 0 Å². The van der Waals surface area contributed by atoms with Crippen LogP contribution in [0.5, 0.6) is 0 Å². The van der Waals surface area contributed by atoms with Gasteiger partial charge in [-0.25, -0.2) is 0 Å². The number of nitrogens with one attached hydrogen (secondary N) is 1. The molecule has 2 atom stereocenters. The summed E-state index contributed by atoms with van der Waals surface area (Å²) >= 11 is 0. The number of carbonyl (C=O) groups excluding carboxylic acids is 1. The van der Waals surface area contributed by atoms with Gasteiger partial charge in [0.2, 0.25) is 6.41 Å². The zero-order valence-corrected chi connectivity index (χ0v) is 10.3. The lowest BCUT2D eigenvalue weighted by atomic mass is 9.77. The van der Waals surface area contributed by atoms with Gasteiger partial charge in [0.1, 0.15) is 0 Å². The molecule has 0 radical (unpaired) electrons. The predicted molar refractivity (Wildman–Crippen MR) is 66.1 cm³/mol. The first-order valence-corrected chi connectivity index (χ1v) is 7.05. The molecule has 0 aromatic rings. The second kappa shape index (κ2) is 6.27. The Kier molecular flexibility index (Phi) is 4.68. The van der Waals surface area contributed by atoms with E-state index in [1.165, 1.54) is 57.8 Å². The molecule has 2 aliphatic carbocycles. The molecule has 2 rings (SSSR count). The van der Waals surface area contributed by atoms with Gasteiger partial charge in [-0.2, -0.15) is 0 Å². The van der Waals surface area contributed by atoms with Crippen LogP contribution in [0.4, 0.5) is 0 Å². The van der Waals surface area contributed by atoms with E-state index in [0.29, 0.717) is 0 Å². The Bertz CT molecular complexity index is 213. The summed E-state index contributed by atoms with van der Waals surface area (Å²) in [5.41, 5.74) is 0. The maximum Gasteiger partial charge on any atom is 0.207 e. The molecule has 0 heterocycles. The SMILES string of the molecule is O=CNCC1CCCC(CC2CCC2)CC1. The average molecular weight is 223 g/mol. The van der Waals surface area contributed by atoms with Gasteiger partial charge in [-0.15, -0.1) is 0 Å². The van der Waals surface area contributed by atoms with Gasteiger partial charge in [0.05, 0.1) is 0 Å². The lowest BCUT2D eigenvalue weighted by Crippen LogP contribution is -2.21. The quantitative estimate of drug-likeness (QED) is 0.563. The van der Waals surface area contributed by atoms with Gasteiger partial charge < -0.3 is 5.32 Å². The molecule has 2 fully saturated rings. The summed E-state index contributed by atoms with van der Waals surface area (Å²) in [7, 11) is 0. The number of hydrogen-bond acceptors (Lipinski definition) is 1. The summed E-state index contributed by atoms with van der Waals surface area (Å²) in [5.74, 6) is 2.80. The maximum atomic E-state index is 10.3. The number of amides is 1. The van der Waals surface area contributed by atoms with Crippen molar-refractivity contribution in [1.29, 1.82) is 0 Å². The van der Waals surface area contributed by atoms with Crippen molar-refractivity contribution in [2.75, 3.05) is 6.54 Å². The summed E-state index contributed by atoms with van der Waals surface area (Å²) in [6, 6.07) is 0. The first-order chi connectivity index (χ1) is 7.88. The minimum absolute atomic E-state index is 0.747. The highest BCUT2D eigenvalue weighted by Gasteiger charge is 2.24. The Balaban J connectivity index is 1.67.